The minimum absolute atomic E-state index is 0.177. The van der Waals surface area contributed by atoms with Gasteiger partial charge >= 0.3 is 21.7 Å². The molecule has 0 saturated carbocycles. The van der Waals surface area contributed by atoms with Crippen LogP contribution in [0.15, 0.2) is 24.3 Å². The van der Waals surface area contributed by atoms with Gasteiger partial charge in [0.25, 0.3) is 0 Å². The fourth-order valence-electron chi connectivity index (χ4n) is 2.78. The molecule has 1 fully saturated rings. The highest BCUT2D eigenvalue weighted by molar-refractivity contribution is 6.68. The summed E-state index contributed by atoms with van der Waals surface area (Å²) in [5, 5.41) is 2.21. The highest BCUT2D eigenvalue weighted by Crippen LogP contribution is 2.48. The van der Waals surface area contributed by atoms with Crippen molar-refractivity contribution in [3.63, 3.8) is 0 Å². The zero-order chi connectivity index (χ0) is 19.2. The Morgan fingerprint density at radius 1 is 1.12 bits per heavy atom. The van der Waals surface area contributed by atoms with Gasteiger partial charge in [-0.25, -0.2) is 4.58 Å². The molecule has 2 aliphatic heterocycles. The zero-order valence-electron chi connectivity index (χ0n) is 13.7. The summed E-state index contributed by atoms with van der Waals surface area (Å²) in [4.78, 5) is 1.14. The van der Waals surface area contributed by atoms with E-state index in [-0.39, 0.29) is 24.6 Å². The molecule has 2 N–H and O–H groups in total. The van der Waals surface area contributed by atoms with Crippen LogP contribution in [-0.2, 0) is 0 Å². The molecule has 0 unspecified atom stereocenters. The number of nitrogens with one attached hydrogen (secondary N) is 2. The van der Waals surface area contributed by atoms with E-state index in [0.717, 1.165) is 4.90 Å². The van der Waals surface area contributed by atoms with Crippen molar-refractivity contribution in [2.75, 3.05) is 33.2 Å². The Balaban J connectivity index is 1.99. The Labute approximate surface area is 163 Å². The molecule has 0 aliphatic carbocycles. The highest BCUT2D eigenvalue weighted by Gasteiger charge is 2.66. The van der Waals surface area contributed by atoms with Gasteiger partial charge in [0.1, 0.15) is 26.2 Å². The first-order valence-corrected chi connectivity index (χ1v) is 8.97. The predicted molar refractivity (Wildman–Crippen MR) is 91.5 cm³/mol. The van der Waals surface area contributed by atoms with Crippen molar-refractivity contribution >= 4 is 40.6 Å². The number of rotatable bonds is 1. The molecule has 144 valence electrons. The predicted octanol–water partition coefficient (Wildman–Crippen LogP) is 1.57. The third kappa shape index (κ3) is 3.78. The second-order valence-corrected chi connectivity index (χ2v) is 8.46. The van der Waals surface area contributed by atoms with Crippen LogP contribution in [0.1, 0.15) is 0 Å². The lowest BCUT2D eigenvalue weighted by atomic mass is 10.3. The van der Waals surface area contributed by atoms with E-state index in [4.69, 9.17) is 44.3 Å². The van der Waals surface area contributed by atoms with E-state index in [1.165, 1.54) is 16.7 Å². The fraction of sp³-hybridized carbons (Fsp3) is 0.533. The van der Waals surface area contributed by atoms with Gasteiger partial charge < -0.3 is 14.4 Å². The second-order valence-electron chi connectivity index (χ2n) is 6.18. The Kier molecular flexibility index (Phi) is 5.16. The van der Waals surface area contributed by atoms with Crippen LogP contribution in [0.4, 0.5) is 13.2 Å². The number of alkyl halides is 6. The minimum atomic E-state index is -4.71. The average molecular weight is 435 g/mol. The van der Waals surface area contributed by atoms with Crippen molar-refractivity contribution in [1.82, 2.24) is 5.32 Å². The number of likely N-dealkylation sites (N-methyl/N-ethyl adjacent to an activating group) is 1. The molecular formula is C15H17Cl3F3N3O2+2. The Morgan fingerprint density at radius 3 is 2.04 bits per heavy atom. The summed E-state index contributed by atoms with van der Waals surface area (Å²) in [7, 11) is 1.92. The van der Waals surface area contributed by atoms with Crippen molar-refractivity contribution in [3.8, 4) is 11.5 Å². The Morgan fingerprint density at radius 2 is 1.62 bits per heavy atom. The second kappa shape index (κ2) is 6.82. The molecule has 5 nitrogen and oxygen atoms in total. The summed E-state index contributed by atoms with van der Waals surface area (Å²) in [6, 6.07) is 6.30. The molecule has 0 amide bonds. The van der Waals surface area contributed by atoms with Gasteiger partial charge in [-0.15, -0.1) is 0 Å². The van der Waals surface area contributed by atoms with Gasteiger partial charge in [-0.2, -0.15) is 18.5 Å². The number of hydrogen-bond acceptors (Lipinski definition) is 2. The van der Waals surface area contributed by atoms with E-state index in [2.05, 4.69) is 5.32 Å². The SMILES string of the molecule is C[NH+]1CC[N+](=C(NC2(C(Cl)(Cl)Cl)Oc3ccccc3O2)C(F)(F)F)CC1. The van der Waals surface area contributed by atoms with Gasteiger partial charge in [-0.1, -0.05) is 46.9 Å². The maximum Gasteiger partial charge on any atom is 0.494 e. The van der Waals surface area contributed by atoms with Crippen LogP contribution >= 0.6 is 34.8 Å². The maximum atomic E-state index is 13.8. The van der Waals surface area contributed by atoms with Crippen LogP contribution in [0.2, 0.25) is 0 Å². The molecular weight excluding hydrogens is 418 g/mol. The van der Waals surface area contributed by atoms with Crippen molar-refractivity contribution in [2.24, 2.45) is 0 Å². The van der Waals surface area contributed by atoms with Crippen LogP contribution in [0.5, 0.6) is 11.5 Å². The smallest absolute Gasteiger partial charge is 0.411 e. The quantitative estimate of drug-likeness (QED) is 0.400. The molecule has 0 bridgehead atoms. The van der Waals surface area contributed by atoms with Crippen molar-refractivity contribution < 1.29 is 32.1 Å². The lowest BCUT2D eigenvalue weighted by Gasteiger charge is -2.31. The molecule has 11 heteroatoms. The zero-order valence-corrected chi connectivity index (χ0v) is 15.9. The van der Waals surface area contributed by atoms with Gasteiger partial charge in [0, 0.05) is 0 Å². The number of para-hydroxylation sites is 2. The molecule has 26 heavy (non-hydrogen) atoms. The number of halogens is 6. The molecule has 3 rings (SSSR count). The first kappa shape index (κ1) is 19.7. The number of piperazine rings is 1. The van der Waals surface area contributed by atoms with E-state index < -0.39 is 21.7 Å². The van der Waals surface area contributed by atoms with Gasteiger partial charge in [0.15, 0.2) is 11.5 Å². The summed E-state index contributed by atoms with van der Waals surface area (Å²) in [5.74, 6) is -3.06. The van der Waals surface area contributed by atoms with Crippen LogP contribution in [0.3, 0.4) is 0 Å². The first-order chi connectivity index (χ1) is 12.0. The number of nitrogens with zero attached hydrogens (tertiary/aromatic N) is 1. The van der Waals surface area contributed by atoms with E-state index in [1.807, 2.05) is 7.05 Å². The molecule has 0 spiro atoms. The maximum absolute atomic E-state index is 13.8. The minimum Gasteiger partial charge on any atom is -0.411 e. The topological polar surface area (TPSA) is 37.9 Å². The van der Waals surface area contributed by atoms with Crippen molar-refractivity contribution in [1.29, 1.82) is 0 Å². The lowest BCUT2D eigenvalue weighted by molar-refractivity contribution is -0.914. The first-order valence-electron chi connectivity index (χ1n) is 7.84. The number of hydrogen-bond donors (Lipinski definition) is 2. The number of amidine groups is 1. The standard InChI is InChI=1S/C15H15Cl3F3N3O2/c1-23-6-8-24(9-7-23)12(13(19,20)21)22-15(14(16,17)18)25-10-4-2-3-5-11(10)26-15/h2-5H,6-9H2,1H3/p+2. The Hall–Kier alpha value is -1.09. The molecule has 0 atom stereocenters. The van der Waals surface area contributed by atoms with Crippen LogP contribution in [0, 0.1) is 0 Å². The molecule has 0 aromatic heterocycles. The summed E-state index contributed by atoms with van der Waals surface area (Å²) < 4.78 is 51.1. The van der Waals surface area contributed by atoms with Crippen LogP contribution in [-0.4, -0.2) is 59.5 Å². The van der Waals surface area contributed by atoms with E-state index in [0.29, 0.717) is 13.1 Å². The third-order valence-electron chi connectivity index (χ3n) is 4.21. The molecule has 2 aliphatic rings. The average Bonchev–Trinajstić information content (AvgIpc) is 2.92. The number of fused-ring (bicyclic) bond motifs is 1. The number of benzene rings is 1. The van der Waals surface area contributed by atoms with Gasteiger partial charge in [0.2, 0.25) is 0 Å². The Bertz CT molecular complexity index is 687. The highest BCUT2D eigenvalue weighted by atomic mass is 35.6. The van der Waals surface area contributed by atoms with Crippen molar-refractivity contribution in [2.45, 2.75) is 15.9 Å². The summed E-state index contributed by atoms with van der Waals surface area (Å²) in [6.07, 6.45) is -4.71. The molecule has 0 radical (unpaired) electrons. The van der Waals surface area contributed by atoms with E-state index in [9.17, 15) is 13.2 Å². The molecule has 2 heterocycles. The largest absolute Gasteiger partial charge is 0.494 e. The molecule has 1 aromatic rings. The third-order valence-corrected chi connectivity index (χ3v) is 4.96. The number of quaternary nitrogens is 1. The van der Waals surface area contributed by atoms with E-state index >= 15 is 0 Å². The lowest BCUT2D eigenvalue weighted by Crippen LogP contribution is -3.11. The number of ether oxygens (including phenoxy) is 2. The van der Waals surface area contributed by atoms with Crippen molar-refractivity contribution in [3.05, 3.63) is 24.3 Å². The van der Waals surface area contributed by atoms with Gasteiger partial charge in [-0.05, 0) is 12.1 Å². The monoisotopic (exact) mass is 433 g/mol. The normalized spacial score (nSPS) is 22.3. The molecule has 1 aromatic carbocycles. The summed E-state index contributed by atoms with van der Waals surface area (Å²) in [6.45, 7) is 1.47. The van der Waals surface area contributed by atoms with Gasteiger partial charge in [-0.3, -0.25) is 0 Å². The van der Waals surface area contributed by atoms with Gasteiger partial charge in [0.05, 0.1) is 7.05 Å². The van der Waals surface area contributed by atoms with Crippen LogP contribution < -0.4 is 19.7 Å². The van der Waals surface area contributed by atoms with Crippen LogP contribution in [0.25, 0.3) is 0 Å². The molecule has 1 saturated heterocycles. The summed E-state index contributed by atoms with van der Waals surface area (Å²) >= 11 is 17.9. The fourth-order valence-corrected chi connectivity index (χ4v) is 3.16. The summed E-state index contributed by atoms with van der Waals surface area (Å²) in [5.41, 5.74) is 0. The van der Waals surface area contributed by atoms with E-state index in [1.54, 1.807) is 12.1 Å².